The summed E-state index contributed by atoms with van der Waals surface area (Å²) in [7, 11) is 0. The SMILES string of the molecule is CCn1c(Cc2ccc(Cl)cc2)nnc1SCC(=O)Nc1cc(C)ccc1C. The molecule has 0 aliphatic rings. The molecule has 0 fully saturated rings. The highest BCUT2D eigenvalue weighted by molar-refractivity contribution is 7.99. The van der Waals surface area contributed by atoms with Crippen LogP contribution in [0.15, 0.2) is 47.6 Å². The van der Waals surface area contributed by atoms with Crippen molar-refractivity contribution in [1.29, 1.82) is 0 Å². The Labute approximate surface area is 174 Å². The number of hydrogen-bond donors (Lipinski definition) is 1. The van der Waals surface area contributed by atoms with Crippen LogP contribution in [0.1, 0.15) is 29.4 Å². The molecule has 146 valence electrons. The maximum absolute atomic E-state index is 12.4. The Morgan fingerprint density at radius 2 is 1.89 bits per heavy atom. The van der Waals surface area contributed by atoms with Gasteiger partial charge in [-0.05, 0) is 55.7 Å². The van der Waals surface area contributed by atoms with Crippen molar-refractivity contribution >= 4 is 35.0 Å². The second-order valence-electron chi connectivity index (χ2n) is 6.60. The summed E-state index contributed by atoms with van der Waals surface area (Å²) in [6.45, 7) is 6.79. The molecule has 3 rings (SSSR count). The van der Waals surface area contributed by atoms with Crippen LogP contribution in [0, 0.1) is 13.8 Å². The fourth-order valence-corrected chi connectivity index (χ4v) is 3.79. The molecule has 0 unspecified atom stereocenters. The number of hydrogen-bond acceptors (Lipinski definition) is 4. The third-order valence-corrected chi connectivity index (χ3v) is 5.60. The molecule has 1 N–H and O–H groups in total. The number of carbonyl (C=O) groups excluding carboxylic acids is 1. The molecule has 1 amide bonds. The van der Waals surface area contributed by atoms with Crippen molar-refractivity contribution in [2.45, 2.75) is 38.9 Å². The smallest absolute Gasteiger partial charge is 0.234 e. The van der Waals surface area contributed by atoms with Gasteiger partial charge in [0.15, 0.2) is 5.16 Å². The summed E-state index contributed by atoms with van der Waals surface area (Å²) in [5.41, 5.74) is 4.14. The maximum Gasteiger partial charge on any atom is 0.234 e. The van der Waals surface area contributed by atoms with E-state index in [4.69, 9.17) is 11.6 Å². The van der Waals surface area contributed by atoms with E-state index in [0.29, 0.717) is 11.4 Å². The lowest BCUT2D eigenvalue weighted by atomic mass is 10.1. The molecule has 0 radical (unpaired) electrons. The van der Waals surface area contributed by atoms with Crippen LogP contribution in [0.2, 0.25) is 5.02 Å². The third-order valence-electron chi connectivity index (χ3n) is 4.38. The molecule has 0 atom stereocenters. The Hall–Kier alpha value is -2.31. The molecule has 0 bridgehead atoms. The van der Waals surface area contributed by atoms with Gasteiger partial charge in [-0.25, -0.2) is 0 Å². The highest BCUT2D eigenvalue weighted by atomic mass is 35.5. The first-order valence-electron chi connectivity index (χ1n) is 9.12. The number of aryl methyl sites for hydroxylation is 2. The van der Waals surface area contributed by atoms with E-state index in [1.54, 1.807) is 0 Å². The van der Waals surface area contributed by atoms with Gasteiger partial charge in [0.25, 0.3) is 0 Å². The second-order valence-corrected chi connectivity index (χ2v) is 7.98. The molecule has 0 spiro atoms. The number of nitrogens with zero attached hydrogens (tertiary/aromatic N) is 3. The monoisotopic (exact) mass is 414 g/mol. The third kappa shape index (κ3) is 5.14. The average molecular weight is 415 g/mol. The first-order valence-corrected chi connectivity index (χ1v) is 10.5. The molecule has 0 saturated heterocycles. The van der Waals surface area contributed by atoms with Gasteiger partial charge in [0, 0.05) is 23.7 Å². The summed E-state index contributed by atoms with van der Waals surface area (Å²) in [6.07, 6.45) is 0.674. The fourth-order valence-electron chi connectivity index (χ4n) is 2.85. The quantitative estimate of drug-likeness (QED) is 0.559. The largest absolute Gasteiger partial charge is 0.325 e. The fraction of sp³-hybridized carbons (Fsp3) is 0.286. The van der Waals surface area contributed by atoms with Crippen LogP contribution in [0.5, 0.6) is 0 Å². The minimum absolute atomic E-state index is 0.0522. The zero-order valence-corrected chi connectivity index (χ0v) is 17.8. The lowest BCUT2D eigenvalue weighted by molar-refractivity contribution is -0.113. The van der Waals surface area contributed by atoms with Crippen molar-refractivity contribution in [2.75, 3.05) is 11.1 Å². The Bertz CT molecular complexity index is 969. The van der Waals surface area contributed by atoms with Crippen LogP contribution in [-0.2, 0) is 17.8 Å². The van der Waals surface area contributed by atoms with E-state index in [1.165, 1.54) is 11.8 Å². The number of nitrogens with one attached hydrogen (secondary N) is 1. The van der Waals surface area contributed by atoms with E-state index in [-0.39, 0.29) is 11.7 Å². The lowest BCUT2D eigenvalue weighted by Crippen LogP contribution is -2.15. The van der Waals surface area contributed by atoms with Crippen LogP contribution < -0.4 is 5.32 Å². The van der Waals surface area contributed by atoms with E-state index in [0.717, 1.165) is 39.9 Å². The van der Waals surface area contributed by atoms with E-state index in [1.807, 2.05) is 60.9 Å². The van der Waals surface area contributed by atoms with Crippen LogP contribution in [0.3, 0.4) is 0 Å². The minimum atomic E-state index is -0.0522. The number of rotatable bonds is 7. The summed E-state index contributed by atoms with van der Waals surface area (Å²) >= 11 is 7.35. The van der Waals surface area contributed by atoms with E-state index in [2.05, 4.69) is 22.4 Å². The summed E-state index contributed by atoms with van der Waals surface area (Å²) in [5.74, 6) is 1.11. The number of amides is 1. The molecule has 1 aromatic heterocycles. The summed E-state index contributed by atoms with van der Waals surface area (Å²) in [4.78, 5) is 12.4. The minimum Gasteiger partial charge on any atom is -0.325 e. The molecule has 28 heavy (non-hydrogen) atoms. The molecule has 0 saturated carbocycles. The highest BCUT2D eigenvalue weighted by Gasteiger charge is 2.14. The zero-order chi connectivity index (χ0) is 20.1. The van der Waals surface area contributed by atoms with Gasteiger partial charge in [-0.1, -0.05) is 47.6 Å². The normalized spacial score (nSPS) is 10.9. The predicted octanol–water partition coefficient (Wildman–Crippen LogP) is 4.89. The van der Waals surface area contributed by atoms with Gasteiger partial charge in [0.1, 0.15) is 5.82 Å². The zero-order valence-electron chi connectivity index (χ0n) is 16.2. The van der Waals surface area contributed by atoms with Crippen LogP contribution >= 0.6 is 23.4 Å². The molecule has 1 heterocycles. The van der Waals surface area contributed by atoms with Crippen molar-refractivity contribution in [3.63, 3.8) is 0 Å². The molecular formula is C21H23ClN4OS. The van der Waals surface area contributed by atoms with Gasteiger partial charge in [-0.2, -0.15) is 0 Å². The first-order chi connectivity index (χ1) is 13.5. The topological polar surface area (TPSA) is 59.8 Å². The van der Waals surface area contributed by atoms with Gasteiger partial charge in [0.2, 0.25) is 5.91 Å². The first kappa shape index (κ1) is 20.4. The number of halogens is 1. The van der Waals surface area contributed by atoms with Gasteiger partial charge in [-0.15, -0.1) is 10.2 Å². The molecular weight excluding hydrogens is 392 g/mol. The molecule has 5 nitrogen and oxygen atoms in total. The van der Waals surface area contributed by atoms with Gasteiger partial charge in [-0.3, -0.25) is 4.79 Å². The van der Waals surface area contributed by atoms with Crippen molar-refractivity contribution in [3.8, 4) is 0 Å². The number of anilines is 1. The van der Waals surface area contributed by atoms with Crippen molar-refractivity contribution in [3.05, 3.63) is 70.0 Å². The van der Waals surface area contributed by atoms with E-state index in [9.17, 15) is 4.79 Å². The predicted molar refractivity (Wildman–Crippen MR) is 115 cm³/mol. The van der Waals surface area contributed by atoms with Gasteiger partial charge in [0.05, 0.1) is 5.75 Å². The Morgan fingerprint density at radius 3 is 2.61 bits per heavy atom. The Morgan fingerprint density at radius 1 is 1.14 bits per heavy atom. The lowest BCUT2D eigenvalue weighted by Gasteiger charge is -2.10. The van der Waals surface area contributed by atoms with Crippen molar-refractivity contribution < 1.29 is 4.79 Å². The molecule has 7 heteroatoms. The molecule has 0 aliphatic heterocycles. The second kappa shape index (κ2) is 9.26. The standard InChI is InChI=1S/C21H23ClN4OS/c1-4-26-19(12-16-7-9-17(22)10-8-16)24-25-21(26)28-13-20(27)23-18-11-14(2)5-6-15(18)3/h5-11H,4,12-13H2,1-3H3,(H,23,27). The Kier molecular flexibility index (Phi) is 6.75. The highest BCUT2D eigenvalue weighted by Crippen LogP contribution is 2.21. The van der Waals surface area contributed by atoms with Crippen LogP contribution in [0.4, 0.5) is 5.69 Å². The number of thioether (sulfide) groups is 1. The molecule has 3 aromatic rings. The van der Waals surface area contributed by atoms with E-state index < -0.39 is 0 Å². The van der Waals surface area contributed by atoms with Crippen LogP contribution in [0.25, 0.3) is 0 Å². The number of benzene rings is 2. The summed E-state index contributed by atoms with van der Waals surface area (Å²) < 4.78 is 2.05. The Balaban J connectivity index is 1.64. The molecule has 0 aliphatic carbocycles. The average Bonchev–Trinajstić information content (AvgIpc) is 3.06. The summed E-state index contributed by atoms with van der Waals surface area (Å²) in [6, 6.07) is 13.7. The van der Waals surface area contributed by atoms with Crippen LogP contribution in [-0.4, -0.2) is 26.4 Å². The number of carbonyl (C=O) groups is 1. The number of aromatic nitrogens is 3. The maximum atomic E-state index is 12.4. The van der Waals surface area contributed by atoms with Gasteiger partial charge < -0.3 is 9.88 Å². The van der Waals surface area contributed by atoms with Crippen molar-refractivity contribution in [2.24, 2.45) is 0 Å². The summed E-state index contributed by atoms with van der Waals surface area (Å²) in [5, 5.41) is 13.0. The van der Waals surface area contributed by atoms with Crippen molar-refractivity contribution in [1.82, 2.24) is 14.8 Å². The van der Waals surface area contributed by atoms with Gasteiger partial charge >= 0.3 is 0 Å². The van der Waals surface area contributed by atoms with E-state index >= 15 is 0 Å². The molecule has 2 aromatic carbocycles.